The summed E-state index contributed by atoms with van der Waals surface area (Å²) in [6, 6.07) is 0.257. The van der Waals surface area contributed by atoms with Gasteiger partial charge in [0.2, 0.25) is 0 Å². The van der Waals surface area contributed by atoms with Crippen molar-refractivity contribution in [1.82, 2.24) is 0 Å². The third-order valence-electron chi connectivity index (χ3n) is 3.88. The van der Waals surface area contributed by atoms with Gasteiger partial charge in [-0.05, 0) is 18.9 Å². The van der Waals surface area contributed by atoms with Crippen molar-refractivity contribution in [3.63, 3.8) is 0 Å². The van der Waals surface area contributed by atoms with Crippen LogP contribution in [0.1, 0.15) is 20.3 Å². The fourth-order valence-electron chi connectivity index (χ4n) is 2.80. The molecule has 0 aromatic heterocycles. The standard InChI is InChI=1S/C14H17N2.2H2O.O.V/c1-9-5-7-15-13-11(9)3-4-12-10(2)6-8-16-14(12)13;;;;/h3-5,7,10-11,13H,6,8H2,1-2H3;2*1H2;;/q-1;;;;+2/p-2. The van der Waals surface area contributed by atoms with Gasteiger partial charge in [0.25, 0.3) is 0 Å². The van der Waals surface area contributed by atoms with Crippen LogP contribution in [0, 0.1) is 11.8 Å². The van der Waals surface area contributed by atoms with Crippen molar-refractivity contribution >= 4 is 6.21 Å². The predicted molar refractivity (Wildman–Crippen MR) is 72.8 cm³/mol. The fourth-order valence-corrected chi connectivity index (χ4v) is 2.80. The van der Waals surface area contributed by atoms with Gasteiger partial charge in [0.1, 0.15) is 0 Å². The van der Waals surface area contributed by atoms with Crippen molar-refractivity contribution in [2.45, 2.75) is 26.3 Å². The van der Waals surface area contributed by atoms with Crippen LogP contribution in [0.25, 0.3) is 5.32 Å². The van der Waals surface area contributed by atoms with E-state index in [1.54, 1.807) is 0 Å². The number of dihydropyridines is 1. The molecule has 3 unspecified atom stereocenters. The molecule has 0 aromatic rings. The number of rotatable bonds is 0. The summed E-state index contributed by atoms with van der Waals surface area (Å²) >= 11 is -3.44. The molecule has 5 nitrogen and oxygen atoms in total. The molecule has 20 heavy (non-hydrogen) atoms. The van der Waals surface area contributed by atoms with E-state index in [0.29, 0.717) is 11.8 Å². The first-order chi connectivity index (χ1) is 9.50. The molecule has 0 bridgehead atoms. The first-order valence-corrected chi connectivity index (χ1v) is 8.47. The van der Waals surface area contributed by atoms with E-state index >= 15 is 0 Å². The number of hydrogen-bond acceptors (Lipinski definition) is 2. The Morgan fingerprint density at radius 3 is 2.85 bits per heavy atom. The first-order valence-electron chi connectivity index (χ1n) is 6.65. The zero-order chi connectivity index (χ0) is 14.7. The van der Waals surface area contributed by atoms with Crippen LogP contribution in [0.3, 0.4) is 0 Å². The summed E-state index contributed by atoms with van der Waals surface area (Å²) in [5.41, 5.74) is 4.06. The van der Waals surface area contributed by atoms with Crippen molar-refractivity contribution < 1.29 is 27.5 Å². The Morgan fingerprint density at radius 2 is 2.15 bits per heavy atom. The molecule has 2 heterocycles. The number of nitrogens with zero attached hydrogens (tertiary/aromatic N) is 2. The number of hydrogen-bond donors (Lipinski definition) is 2. The normalized spacial score (nSPS) is 30.4. The molecular formula is C14H19N2O3V-. The number of allylic oxidation sites excluding steroid dienone is 3. The second-order valence-electron chi connectivity index (χ2n) is 5.20. The molecule has 3 aliphatic rings. The zero-order valence-corrected chi connectivity index (χ0v) is 13.0. The molecule has 2 aliphatic heterocycles. The second kappa shape index (κ2) is 6.63. The summed E-state index contributed by atoms with van der Waals surface area (Å²) in [7, 11) is 0. The molecule has 0 aromatic carbocycles. The van der Waals surface area contributed by atoms with E-state index in [-0.39, 0.29) is 6.04 Å². The molecule has 3 rings (SSSR count). The minimum atomic E-state index is -3.44. The van der Waals surface area contributed by atoms with E-state index in [1.807, 2.05) is 6.21 Å². The molecule has 0 radical (unpaired) electrons. The van der Waals surface area contributed by atoms with Crippen LogP contribution in [-0.4, -0.2) is 26.9 Å². The van der Waals surface area contributed by atoms with Crippen LogP contribution >= 0.6 is 0 Å². The maximum atomic E-state index is 8.78. The molecule has 6 heteroatoms. The average Bonchev–Trinajstić information content (AvgIpc) is 2.39. The Hall–Kier alpha value is -1.01. The topological polar surface area (TPSA) is 84.0 Å². The summed E-state index contributed by atoms with van der Waals surface area (Å²) in [6.07, 6.45) is 9.82. The first kappa shape index (κ1) is 15.4. The minimum absolute atomic E-state index is 0.257. The Balaban J connectivity index is 0.000000328. The van der Waals surface area contributed by atoms with Crippen LogP contribution in [0.4, 0.5) is 0 Å². The molecule has 3 atom stereocenters. The third kappa shape index (κ3) is 3.36. The Morgan fingerprint density at radius 1 is 1.45 bits per heavy atom. The molecule has 0 fully saturated rings. The van der Waals surface area contributed by atoms with E-state index in [9.17, 15) is 0 Å². The summed E-state index contributed by atoms with van der Waals surface area (Å²) in [6.45, 7) is 5.45. The van der Waals surface area contributed by atoms with Crippen molar-refractivity contribution in [2.24, 2.45) is 16.8 Å². The third-order valence-corrected chi connectivity index (χ3v) is 3.88. The molecule has 2 N–H and O–H groups in total. The van der Waals surface area contributed by atoms with E-state index in [0.717, 1.165) is 6.54 Å². The van der Waals surface area contributed by atoms with Gasteiger partial charge in [-0.2, -0.15) is 0 Å². The molecular weight excluding hydrogens is 295 g/mol. The molecule has 0 saturated carbocycles. The summed E-state index contributed by atoms with van der Waals surface area (Å²) < 4.78 is 23.2. The molecule has 0 amide bonds. The van der Waals surface area contributed by atoms with Crippen molar-refractivity contribution in [3.05, 3.63) is 40.4 Å². The Kier molecular flexibility index (Phi) is 5.10. The summed E-state index contributed by atoms with van der Waals surface area (Å²) in [5, 5.41) is 4.71. The van der Waals surface area contributed by atoms with Crippen molar-refractivity contribution in [2.75, 3.05) is 6.54 Å². The van der Waals surface area contributed by atoms with Crippen LogP contribution in [0.2, 0.25) is 0 Å². The van der Waals surface area contributed by atoms with Crippen molar-refractivity contribution in [3.8, 4) is 0 Å². The van der Waals surface area contributed by atoms with Gasteiger partial charge in [0.05, 0.1) is 6.04 Å². The number of aliphatic imine (C=N–C) groups is 1. The van der Waals surface area contributed by atoms with E-state index in [1.165, 1.54) is 23.3 Å². The fraction of sp³-hybridized carbons (Fsp3) is 0.500. The van der Waals surface area contributed by atoms with Crippen LogP contribution in [-0.2, 0) is 19.5 Å². The van der Waals surface area contributed by atoms with Gasteiger partial charge in [-0.15, -0.1) is 12.2 Å². The van der Waals surface area contributed by atoms with Crippen LogP contribution in [0.15, 0.2) is 40.1 Å². The monoisotopic (exact) mass is 314 g/mol. The SMILES string of the molecule is CC1=CC=NC2C3=C(C=CC12)C(C)CC[N-]3.[O]=[V]([OH])[OH]. The van der Waals surface area contributed by atoms with Gasteiger partial charge in [-0.25, -0.2) is 0 Å². The maximum absolute atomic E-state index is 8.78. The summed E-state index contributed by atoms with van der Waals surface area (Å²) in [5.74, 6) is 1.09. The predicted octanol–water partition coefficient (Wildman–Crippen LogP) is 2.00. The number of fused-ring (bicyclic) bond motifs is 2. The summed E-state index contributed by atoms with van der Waals surface area (Å²) in [4.78, 5) is 4.62. The Bertz CT molecular complexity index is 519. The molecule has 109 valence electrons. The van der Waals surface area contributed by atoms with Gasteiger partial charge in [-0.3, -0.25) is 4.99 Å². The molecule has 1 aliphatic carbocycles. The van der Waals surface area contributed by atoms with Gasteiger partial charge < -0.3 is 5.32 Å². The van der Waals surface area contributed by atoms with Crippen molar-refractivity contribution in [1.29, 1.82) is 0 Å². The molecule has 0 saturated heterocycles. The molecule has 0 spiro atoms. The van der Waals surface area contributed by atoms with Gasteiger partial charge in [0.15, 0.2) is 0 Å². The van der Waals surface area contributed by atoms with E-state index in [4.69, 9.17) is 17.1 Å². The zero-order valence-electron chi connectivity index (χ0n) is 11.6. The van der Waals surface area contributed by atoms with Gasteiger partial charge in [0, 0.05) is 12.1 Å². The van der Waals surface area contributed by atoms with Gasteiger partial charge in [-0.1, -0.05) is 36.6 Å². The van der Waals surface area contributed by atoms with Gasteiger partial charge >= 0.3 is 27.5 Å². The van der Waals surface area contributed by atoms with E-state index < -0.39 is 15.8 Å². The Labute approximate surface area is 124 Å². The quantitative estimate of drug-likeness (QED) is 0.717. The van der Waals surface area contributed by atoms with E-state index in [2.05, 4.69) is 37.1 Å². The van der Waals surface area contributed by atoms with Crippen LogP contribution < -0.4 is 0 Å². The van der Waals surface area contributed by atoms with Crippen LogP contribution in [0.5, 0.6) is 0 Å². The second-order valence-corrected chi connectivity index (χ2v) is 5.99. The average molecular weight is 314 g/mol.